The zero-order valence-electron chi connectivity index (χ0n) is 13.0. The molecule has 0 radical (unpaired) electrons. The summed E-state index contributed by atoms with van der Waals surface area (Å²) in [7, 11) is 1.98. The monoisotopic (exact) mass is 311 g/mol. The zero-order valence-corrected chi connectivity index (χ0v) is 13.0. The van der Waals surface area contributed by atoms with Crippen LogP contribution in [0.25, 0.3) is 0 Å². The topological polar surface area (TPSA) is 56.1 Å². The number of piperidine rings is 1. The smallest absolute Gasteiger partial charge is 0.225 e. The minimum Gasteiger partial charge on any atom is -0.369 e. The number of aromatic nitrogens is 2. The molecular formula is C17H18FN5. The average Bonchev–Trinajstić information content (AvgIpc) is 2.61. The van der Waals surface area contributed by atoms with Gasteiger partial charge in [-0.05, 0) is 37.1 Å². The molecule has 1 aliphatic rings. The van der Waals surface area contributed by atoms with Crippen molar-refractivity contribution in [3.05, 3.63) is 48.0 Å². The quantitative estimate of drug-likeness (QED) is 0.872. The molecule has 0 saturated carbocycles. The summed E-state index contributed by atoms with van der Waals surface area (Å²) in [5.41, 5.74) is 1.11. The maximum absolute atomic E-state index is 13.7. The normalized spacial score (nSPS) is 17.6. The van der Waals surface area contributed by atoms with Gasteiger partial charge in [0.15, 0.2) is 0 Å². The van der Waals surface area contributed by atoms with Crippen molar-refractivity contribution in [2.75, 3.05) is 29.9 Å². The third kappa shape index (κ3) is 3.39. The predicted octanol–water partition coefficient (Wildman–Crippen LogP) is 2.59. The van der Waals surface area contributed by atoms with E-state index in [1.807, 2.05) is 13.1 Å². The lowest BCUT2D eigenvalue weighted by Gasteiger charge is -2.38. The average molecular weight is 311 g/mol. The largest absolute Gasteiger partial charge is 0.369 e. The van der Waals surface area contributed by atoms with Gasteiger partial charge in [0.25, 0.3) is 0 Å². The third-order valence-electron chi connectivity index (χ3n) is 4.19. The summed E-state index contributed by atoms with van der Waals surface area (Å²) >= 11 is 0. The van der Waals surface area contributed by atoms with Crippen molar-refractivity contribution >= 4 is 11.6 Å². The van der Waals surface area contributed by atoms with Crippen LogP contribution in [0.1, 0.15) is 18.4 Å². The summed E-state index contributed by atoms with van der Waals surface area (Å²) in [6.45, 7) is 1.61. The minimum absolute atomic E-state index is 0.250. The highest BCUT2D eigenvalue weighted by Gasteiger charge is 2.25. The first-order valence-corrected chi connectivity index (χ1v) is 7.63. The van der Waals surface area contributed by atoms with Crippen LogP contribution >= 0.6 is 0 Å². The molecule has 0 spiro atoms. The number of rotatable bonds is 3. The molecule has 0 N–H and O–H groups in total. The lowest BCUT2D eigenvalue weighted by molar-refractivity contribution is 0.482. The van der Waals surface area contributed by atoms with E-state index in [9.17, 15) is 4.39 Å². The van der Waals surface area contributed by atoms with E-state index in [-0.39, 0.29) is 11.9 Å². The summed E-state index contributed by atoms with van der Waals surface area (Å²) in [5, 5.41) is 9.01. The predicted molar refractivity (Wildman–Crippen MR) is 86.8 cm³/mol. The van der Waals surface area contributed by atoms with Gasteiger partial charge in [-0.15, -0.1) is 0 Å². The molecule has 118 valence electrons. The van der Waals surface area contributed by atoms with Gasteiger partial charge in [0, 0.05) is 44.3 Å². The second-order valence-electron chi connectivity index (χ2n) is 5.71. The molecule has 23 heavy (non-hydrogen) atoms. The Morgan fingerprint density at radius 1 is 1.30 bits per heavy atom. The molecule has 1 saturated heterocycles. The van der Waals surface area contributed by atoms with Crippen LogP contribution in [-0.2, 0) is 0 Å². The molecule has 1 aliphatic heterocycles. The van der Waals surface area contributed by atoms with Crippen LogP contribution in [0.2, 0.25) is 0 Å². The van der Waals surface area contributed by atoms with E-state index < -0.39 is 0 Å². The third-order valence-corrected chi connectivity index (χ3v) is 4.19. The van der Waals surface area contributed by atoms with Gasteiger partial charge in [-0.2, -0.15) is 5.26 Å². The fourth-order valence-corrected chi connectivity index (χ4v) is 2.96. The molecule has 1 aromatic heterocycles. The molecule has 1 atom stereocenters. The summed E-state index contributed by atoms with van der Waals surface area (Å²) in [6, 6.07) is 8.54. The Labute approximate surface area is 135 Å². The van der Waals surface area contributed by atoms with E-state index in [0.717, 1.165) is 31.6 Å². The minimum atomic E-state index is -0.374. The summed E-state index contributed by atoms with van der Waals surface area (Å²) < 4.78 is 13.7. The van der Waals surface area contributed by atoms with Crippen LogP contribution in [-0.4, -0.2) is 36.1 Å². The number of nitriles is 1. The number of nitrogens with zero attached hydrogens (tertiary/aromatic N) is 5. The standard InChI is InChI=1S/C17H18FN5/c1-22(17-20-5-3-6-21-17)15-4-2-7-23(12-15)16-9-13(11-19)8-14(18)10-16/h3,5-6,8-10,15H,2,4,7,12H2,1H3. The number of anilines is 2. The van der Waals surface area contributed by atoms with E-state index in [1.165, 1.54) is 12.1 Å². The molecule has 1 unspecified atom stereocenters. The second-order valence-corrected chi connectivity index (χ2v) is 5.71. The first-order chi connectivity index (χ1) is 11.2. The second kappa shape index (κ2) is 6.61. The van der Waals surface area contributed by atoms with Gasteiger partial charge >= 0.3 is 0 Å². The maximum atomic E-state index is 13.7. The molecule has 0 amide bonds. The van der Waals surface area contributed by atoms with Crippen molar-refractivity contribution in [2.45, 2.75) is 18.9 Å². The fourth-order valence-electron chi connectivity index (χ4n) is 2.96. The molecule has 5 nitrogen and oxygen atoms in total. The van der Waals surface area contributed by atoms with Crippen LogP contribution < -0.4 is 9.80 Å². The van der Waals surface area contributed by atoms with E-state index >= 15 is 0 Å². The van der Waals surface area contributed by atoms with Gasteiger partial charge in [0.05, 0.1) is 11.6 Å². The van der Waals surface area contributed by atoms with Crippen molar-refractivity contribution in [3.63, 3.8) is 0 Å². The Morgan fingerprint density at radius 2 is 2.09 bits per heavy atom. The molecule has 6 heteroatoms. The van der Waals surface area contributed by atoms with Crippen molar-refractivity contribution in [1.82, 2.24) is 9.97 Å². The van der Waals surface area contributed by atoms with Gasteiger partial charge in [0.2, 0.25) is 5.95 Å². The number of likely N-dealkylation sites (N-methyl/N-ethyl adjacent to an activating group) is 1. The SMILES string of the molecule is CN(c1ncccn1)C1CCCN(c2cc(F)cc(C#N)c2)C1. The number of benzene rings is 1. The van der Waals surface area contributed by atoms with Crippen LogP contribution in [0, 0.1) is 17.1 Å². The first-order valence-electron chi connectivity index (χ1n) is 7.63. The van der Waals surface area contributed by atoms with Gasteiger partial charge < -0.3 is 9.80 Å². The zero-order chi connectivity index (χ0) is 16.2. The highest BCUT2D eigenvalue weighted by atomic mass is 19.1. The molecule has 2 heterocycles. The van der Waals surface area contributed by atoms with E-state index in [1.54, 1.807) is 24.5 Å². The Morgan fingerprint density at radius 3 is 2.83 bits per heavy atom. The highest BCUT2D eigenvalue weighted by Crippen LogP contribution is 2.25. The molecule has 1 aromatic carbocycles. The Balaban J connectivity index is 1.79. The summed E-state index contributed by atoms with van der Waals surface area (Å²) in [6.07, 6.45) is 5.49. The van der Waals surface area contributed by atoms with Crippen LogP contribution in [0.5, 0.6) is 0 Å². The highest BCUT2D eigenvalue weighted by molar-refractivity contribution is 5.53. The van der Waals surface area contributed by atoms with Crippen LogP contribution in [0.4, 0.5) is 16.0 Å². The van der Waals surface area contributed by atoms with Crippen molar-refractivity contribution in [3.8, 4) is 6.07 Å². The van der Waals surface area contributed by atoms with E-state index in [4.69, 9.17) is 5.26 Å². The van der Waals surface area contributed by atoms with Crippen molar-refractivity contribution in [1.29, 1.82) is 5.26 Å². The number of hydrogen-bond acceptors (Lipinski definition) is 5. The molecular weight excluding hydrogens is 293 g/mol. The van der Waals surface area contributed by atoms with Crippen LogP contribution in [0.15, 0.2) is 36.7 Å². The van der Waals surface area contributed by atoms with Crippen molar-refractivity contribution < 1.29 is 4.39 Å². The van der Waals surface area contributed by atoms with E-state index in [0.29, 0.717) is 11.5 Å². The molecule has 3 rings (SSSR count). The number of hydrogen-bond donors (Lipinski definition) is 0. The van der Waals surface area contributed by atoms with Gasteiger partial charge in [-0.3, -0.25) is 0 Å². The van der Waals surface area contributed by atoms with Gasteiger partial charge in [0.1, 0.15) is 5.82 Å². The van der Waals surface area contributed by atoms with Crippen LogP contribution in [0.3, 0.4) is 0 Å². The van der Waals surface area contributed by atoms with Crippen molar-refractivity contribution in [2.24, 2.45) is 0 Å². The number of halogens is 1. The molecule has 2 aromatic rings. The molecule has 0 bridgehead atoms. The lowest BCUT2D eigenvalue weighted by atomic mass is 10.0. The first kappa shape index (κ1) is 15.2. The molecule has 0 aliphatic carbocycles. The Hall–Kier alpha value is -2.68. The summed E-state index contributed by atoms with van der Waals surface area (Å²) in [5.74, 6) is 0.317. The fraction of sp³-hybridized carbons (Fsp3) is 0.353. The Kier molecular flexibility index (Phi) is 4.38. The Bertz CT molecular complexity index is 713. The molecule has 1 fully saturated rings. The summed E-state index contributed by atoms with van der Waals surface area (Å²) in [4.78, 5) is 12.8. The van der Waals surface area contributed by atoms with Gasteiger partial charge in [-0.25, -0.2) is 14.4 Å². The van der Waals surface area contributed by atoms with Gasteiger partial charge in [-0.1, -0.05) is 0 Å². The maximum Gasteiger partial charge on any atom is 0.225 e. The lowest BCUT2D eigenvalue weighted by Crippen LogP contribution is -2.47. The van der Waals surface area contributed by atoms with E-state index in [2.05, 4.69) is 19.8 Å².